The van der Waals surface area contributed by atoms with Gasteiger partial charge in [0.05, 0.1) is 6.20 Å². The molecule has 0 radical (unpaired) electrons. The second kappa shape index (κ2) is 10.3. The maximum Gasteiger partial charge on any atom is 0.189 e. The smallest absolute Gasteiger partial charge is 0.189 e. The predicted octanol–water partition coefficient (Wildman–Crippen LogP) is 3.65. The van der Waals surface area contributed by atoms with Crippen molar-refractivity contribution in [1.82, 2.24) is 19.9 Å². The zero-order chi connectivity index (χ0) is 23.2. The molecule has 2 aromatic heterocycles. The Morgan fingerprint density at radius 2 is 1.97 bits per heavy atom. The second-order valence-corrected chi connectivity index (χ2v) is 8.85. The monoisotopic (exact) mass is 459 g/mol. The minimum Gasteiger partial charge on any atom is -0.354 e. The quantitative estimate of drug-likeness (QED) is 0.422. The minimum absolute atomic E-state index is 0.0102. The van der Waals surface area contributed by atoms with E-state index in [9.17, 15) is 4.79 Å². The Balaban J connectivity index is 1.59. The van der Waals surface area contributed by atoms with Crippen molar-refractivity contribution >= 4 is 33.9 Å². The van der Waals surface area contributed by atoms with Crippen LogP contribution in [-0.2, 0) is 6.42 Å². The lowest BCUT2D eigenvalue weighted by molar-refractivity contribution is 0.104. The van der Waals surface area contributed by atoms with E-state index >= 15 is 0 Å². The van der Waals surface area contributed by atoms with Crippen molar-refractivity contribution in [1.29, 1.82) is 5.26 Å². The fourth-order valence-electron chi connectivity index (χ4n) is 3.53. The standard InChI is InChI=1S/C24H25N7OS/c1-3-4-20(32)18-7-5-17(6-8-18)13-21-27-22(29-24-26-16-19(15-25)33-24)14-23(28-21)31-11-9-30(2)10-12-31/h3-8,14,16H,9-13H2,1-2H3,(H,26,27,28,29). The zero-order valence-electron chi connectivity index (χ0n) is 18.7. The average molecular weight is 460 g/mol. The molecular weight excluding hydrogens is 434 g/mol. The molecule has 1 saturated heterocycles. The van der Waals surface area contributed by atoms with Crippen LogP contribution in [0.25, 0.3) is 0 Å². The number of nitriles is 1. The van der Waals surface area contributed by atoms with E-state index in [0.29, 0.717) is 33.6 Å². The summed E-state index contributed by atoms with van der Waals surface area (Å²) in [4.78, 5) is 30.9. The first-order chi connectivity index (χ1) is 16.0. The maximum atomic E-state index is 12.0. The number of benzene rings is 1. The summed E-state index contributed by atoms with van der Waals surface area (Å²) in [6.45, 7) is 5.56. The van der Waals surface area contributed by atoms with Crippen LogP contribution < -0.4 is 10.2 Å². The van der Waals surface area contributed by atoms with Crippen molar-refractivity contribution in [3.63, 3.8) is 0 Å². The van der Waals surface area contributed by atoms with Crippen LogP contribution in [0.1, 0.15) is 33.5 Å². The number of aromatic nitrogens is 3. The lowest BCUT2D eigenvalue weighted by atomic mass is 10.1. The molecule has 0 amide bonds. The van der Waals surface area contributed by atoms with Gasteiger partial charge in [-0.3, -0.25) is 4.79 Å². The molecule has 3 aromatic rings. The van der Waals surface area contributed by atoms with Crippen LogP contribution in [0.5, 0.6) is 0 Å². The number of thiazole rings is 1. The van der Waals surface area contributed by atoms with Gasteiger partial charge >= 0.3 is 0 Å². The van der Waals surface area contributed by atoms with Gasteiger partial charge in [-0.25, -0.2) is 15.0 Å². The molecule has 0 unspecified atom stereocenters. The Morgan fingerprint density at radius 3 is 2.64 bits per heavy atom. The summed E-state index contributed by atoms with van der Waals surface area (Å²) in [5.41, 5.74) is 1.68. The Bertz CT molecular complexity index is 1190. The molecule has 1 aromatic carbocycles. The fourth-order valence-corrected chi connectivity index (χ4v) is 4.15. The lowest BCUT2D eigenvalue weighted by Gasteiger charge is -2.33. The van der Waals surface area contributed by atoms with E-state index in [4.69, 9.17) is 15.2 Å². The summed E-state index contributed by atoms with van der Waals surface area (Å²) in [5, 5.41) is 12.9. The normalized spacial score (nSPS) is 14.4. The van der Waals surface area contributed by atoms with Gasteiger partial charge in [0.2, 0.25) is 0 Å². The number of hydrogen-bond donors (Lipinski definition) is 1. The Kier molecular flexibility index (Phi) is 7.07. The van der Waals surface area contributed by atoms with Crippen molar-refractivity contribution < 1.29 is 4.79 Å². The molecule has 1 N–H and O–H groups in total. The van der Waals surface area contributed by atoms with Crippen LogP contribution >= 0.6 is 11.3 Å². The number of allylic oxidation sites excluding steroid dienone is 2. The number of carbonyl (C=O) groups excluding carboxylic acids is 1. The van der Waals surface area contributed by atoms with Gasteiger partial charge in [-0.05, 0) is 25.6 Å². The average Bonchev–Trinajstić information content (AvgIpc) is 3.27. The van der Waals surface area contributed by atoms with Gasteiger partial charge in [-0.1, -0.05) is 41.7 Å². The maximum absolute atomic E-state index is 12.0. The number of anilines is 3. The van der Waals surface area contributed by atoms with Gasteiger partial charge < -0.3 is 15.1 Å². The summed E-state index contributed by atoms with van der Waals surface area (Å²) >= 11 is 1.29. The highest BCUT2D eigenvalue weighted by Crippen LogP contribution is 2.25. The van der Waals surface area contributed by atoms with E-state index in [-0.39, 0.29) is 5.78 Å². The van der Waals surface area contributed by atoms with Crippen LogP contribution in [0, 0.1) is 11.3 Å². The molecule has 0 saturated carbocycles. The third-order valence-corrected chi connectivity index (χ3v) is 6.17. The topological polar surface area (TPSA) is 98.0 Å². The van der Waals surface area contributed by atoms with Gasteiger partial charge in [0.1, 0.15) is 28.4 Å². The van der Waals surface area contributed by atoms with E-state index in [1.54, 1.807) is 18.3 Å². The minimum atomic E-state index is -0.0102. The zero-order valence-corrected chi connectivity index (χ0v) is 19.5. The van der Waals surface area contributed by atoms with Gasteiger partial charge in [0.25, 0.3) is 0 Å². The fraction of sp³-hybridized carbons (Fsp3) is 0.292. The van der Waals surface area contributed by atoms with Crippen LogP contribution in [0.3, 0.4) is 0 Å². The van der Waals surface area contributed by atoms with Crippen molar-refractivity contribution in [2.45, 2.75) is 13.3 Å². The van der Waals surface area contributed by atoms with Gasteiger partial charge in [-0.15, -0.1) is 0 Å². The molecule has 0 bridgehead atoms. The second-order valence-electron chi connectivity index (χ2n) is 7.82. The molecule has 1 aliphatic heterocycles. The Labute approximate surface area is 197 Å². The van der Waals surface area contributed by atoms with Crippen molar-refractivity contribution in [3.05, 3.63) is 70.5 Å². The molecule has 4 rings (SSSR count). The number of hydrogen-bond acceptors (Lipinski definition) is 9. The largest absolute Gasteiger partial charge is 0.354 e. The van der Waals surface area contributed by atoms with Crippen molar-refractivity contribution in [2.75, 3.05) is 43.4 Å². The highest BCUT2D eigenvalue weighted by molar-refractivity contribution is 7.16. The third kappa shape index (κ3) is 5.80. The summed E-state index contributed by atoms with van der Waals surface area (Å²) < 4.78 is 0. The van der Waals surface area contributed by atoms with E-state index < -0.39 is 0 Å². The van der Waals surface area contributed by atoms with Gasteiger partial charge in [0.15, 0.2) is 10.9 Å². The van der Waals surface area contributed by atoms with Crippen molar-refractivity contribution in [2.24, 2.45) is 0 Å². The molecule has 1 fully saturated rings. The van der Waals surface area contributed by atoms with Crippen LogP contribution in [0.4, 0.5) is 16.8 Å². The number of nitrogens with one attached hydrogen (secondary N) is 1. The Hall–Kier alpha value is -3.61. The molecule has 8 nitrogen and oxygen atoms in total. The number of nitrogens with zero attached hydrogens (tertiary/aromatic N) is 6. The van der Waals surface area contributed by atoms with Crippen molar-refractivity contribution in [3.8, 4) is 6.07 Å². The number of piperazine rings is 1. The molecule has 1 aliphatic rings. The van der Waals surface area contributed by atoms with E-state index in [0.717, 1.165) is 37.6 Å². The highest BCUT2D eigenvalue weighted by Gasteiger charge is 2.18. The molecule has 0 spiro atoms. The summed E-state index contributed by atoms with van der Waals surface area (Å²) in [5.74, 6) is 2.18. The first-order valence-electron chi connectivity index (χ1n) is 10.7. The van der Waals surface area contributed by atoms with Gasteiger partial charge in [-0.2, -0.15) is 5.26 Å². The first kappa shape index (κ1) is 22.6. The summed E-state index contributed by atoms with van der Waals surface area (Å²) in [6.07, 6.45) is 5.39. The van der Waals surface area contributed by atoms with Crippen LogP contribution in [-0.4, -0.2) is 58.9 Å². The van der Waals surface area contributed by atoms with E-state index in [2.05, 4.69) is 33.2 Å². The number of likely N-dealkylation sites (N-methyl/N-ethyl adjacent to an activating group) is 1. The molecule has 3 heterocycles. The number of rotatable bonds is 7. The summed E-state index contributed by atoms with van der Waals surface area (Å²) in [6, 6.07) is 11.6. The number of ketones is 1. The Morgan fingerprint density at radius 1 is 1.21 bits per heavy atom. The third-order valence-electron chi connectivity index (χ3n) is 5.36. The lowest BCUT2D eigenvalue weighted by Crippen LogP contribution is -2.44. The van der Waals surface area contributed by atoms with Crippen LogP contribution in [0.2, 0.25) is 0 Å². The molecule has 9 heteroatoms. The number of carbonyl (C=O) groups is 1. The highest BCUT2D eigenvalue weighted by atomic mass is 32.1. The summed E-state index contributed by atoms with van der Waals surface area (Å²) in [7, 11) is 2.12. The molecular formula is C24H25N7OS. The van der Waals surface area contributed by atoms with Gasteiger partial charge in [0, 0.05) is 44.2 Å². The predicted molar refractivity (Wildman–Crippen MR) is 130 cm³/mol. The molecule has 33 heavy (non-hydrogen) atoms. The first-order valence-corrected chi connectivity index (χ1v) is 11.6. The van der Waals surface area contributed by atoms with E-state index in [1.165, 1.54) is 11.3 Å². The van der Waals surface area contributed by atoms with E-state index in [1.807, 2.05) is 37.3 Å². The molecule has 0 atom stereocenters. The molecule has 168 valence electrons. The molecule has 0 aliphatic carbocycles. The SMILES string of the molecule is CC=CC(=O)c1ccc(Cc2nc(Nc3ncc(C#N)s3)cc(N3CCN(C)CC3)n2)cc1. The van der Waals surface area contributed by atoms with Crippen LogP contribution in [0.15, 0.2) is 48.7 Å².